The third-order valence-corrected chi connectivity index (χ3v) is 2.40. The Morgan fingerprint density at radius 1 is 1.24 bits per heavy atom. The molecule has 5 atom stereocenters. The number of hydrogen-bond acceptors (Lipinski definition) is 8. The van der Waals surface area contributed by atoms with Crippen molar-refractivity contribution in [3.8, 4) is 0 Å². The number of ether oxygens (including phenoxy) is 2. The average Bonchev–Trinajstić information content (AvgIpc) is 2.29. The maximum Gasteiger partial charge on any atom is 0.227 e. The largest absolute Gasteiger partial charge is 0.394 e. The lowest BCUT2D eigenvalue weighted by Crippen LogP contribution is -2.59. The Kier molecular flexibility index (Phi) is 5.18. The van der Waals surface area contributed by atoms with Gasteiger partial charge in [-0.15, -0.1) is 0 Å². The minimum Gasteiger partial charge on any atom is -0.394 e. The summed E-state index contributed by atoms with van der Waals surface area (Å²) in [6, 6.07) is 0. The second-order valence-electron chi connectivity index (χ2n) is 3.62. The maximum absolute atomic E-state index is 10.1. The van der Waals surface area contributed by atoms with E-state index in [1.807, 2.05) is 0 Å². The van der Waals surface area contributed by atoms with Gasteiger partial charge in [-0.25, -0.2) is 0 Å². The quantitative estimate of drug-likeness (QED) is 0.301. The van der Waals surface area contributed by atoms with Crippen LogP contribution >= 0.6 is 0 Å². The molecular weight excluding hydrogens is 238 g/mol. The van der Waals surface area contributed by atoms with Crippen LogP contribution < -0.4 is 0 Å². The lowest BCUT2D eigenvalue weighted by Gasteiger charge is -2.39. The summed E-state index contributed by atoms with van der Waals surface area (Å²) in [5.74, 6) is 0. The van der Waals surface area contributed by atoms with Gasteiger partial charge in [-0.3, -0.25) is 10.1 Å². The number of aliphatic hydroxyl groups is 4. The van der Waals surface area contributed by atoms with Gasteiger partial charge in [-0.1, -0.05) is 0 Å². The van der Waals surface area contributed by atoms with Gasteiger partial charge in [0.2, 0.25) is 6.54 Å². The van der Waals surface area contributed by atoms with E-state index in [0.29, 0.717) is 0 Å². The summed E-state index contributed by atoms with van der Waals surface area (Å²) in [5.41, 5.74) is 0. The highest BCUT2D eigenvalue weighted by Crippen LogP contribution is 2.21. The molecule has 17 heavy (non-hydrogen) atoms. The van der Waals surface area contributed by atoms with E-state index in [-0.39, 0.29) is 6.61 Å². The highest BCUT2D eigenvalue weighted by molar-refractivity contribution is 4.88. The lowest BCUT2D eigenvalue weighted by molar-refractivity contribution is -0.486. The smallest absolute Gasteiger partial charge is 0.227 e. The Balaban J connectivity index is 2.50. The SMILES string of the molecule is O=[N+]([O-])CCO[C@H]1O[C@H](CO)[C@H](O)[C@H](O)[C@H]1O. The van der Waals surface area contributed by atoms with Crippen LogP contribution in [-0.4, -0.2) is 75.8 Å². The zero-order valence-electron chi connectivity index (χ0n) is 8.88. The fourth-order valence-electron chi connectivity index (χ4n) is 1.45. The van der Waals surface area contributed by atoms with Gasteiger partial charge in [0, 0.05) is 4.92 Å². The molecular formula is C8H15NO8. The van der Waals surface area contributed by atoms with Crippen molar-refractivity contribution in [1.29, 1.82) is 0 Å². The summed E-state index contributed by atoms with van der Waals surface area (Å²) >= 11 is 0. The van der Waals surface area contributed by atoms with E-state index in [9.17, 15) is 25.4 Å². The molecule has 0 aromatic carbocycles. The molecule has 9 nitrogen and oxygen atoms in total. The van der Waals surface area contributed by atoms with Gasteiger partial charge >= 0.3 is 0 Å². The van der Waals surface area contributed by atoms with Crippen molar-refractivity contribution in [3.63, 3.8) is 0 Å². The van der Waals surface area contributed by atoms with Crippen LogP contribution in [0, 0.1) is 10.1 Å². The number of aliphatic hydroxyl groups excluding tert-OH is 4. The summed E-state index contributed by atoms with van der Waals surface area (Å²) in [7, 11) is 0. The van der Waals surface area contributed by atoms with Crippen molar-refractivity contribution in [2.75, 3.05) is 19.8 Å². The maximum atomic E-state index is 10.1. The van der Waals surface area contributed by atoms with Crippen LogP contribution in [0.3, 0.4) is 0 Å². The molecule has 0 bridgehead atoms. The van der Waals surface area contributed by atoms with E-state index in [4.69, 9.17) is 14.6 Å². The molecule has 0 aliphatic carbocycles. The topological polar surface area (TPSA) is 143 Å². The van der Waals surface area contributed by atoms with Crippen molar-refractivity contribution >= 4 is 0 Å². The lowest BCUT2D eigenvalue weighted by atomic mass is 9.99. The summed E-state index contributed by atoms with van der Waals surface area (Å²) in [4.78, 5) is 9.45. The Hall–Kier alpha value is -0.840. The molecule has 1 saturated heterocycles. The molecule has 4 N–H and O–H groups in total. The van der Waals surface area contributed by atoms with Gasteiger partial charge in [0.15, 0.2) is 6.29 Å². The Bertz CT molecular complexity index is 260. The molecule has 0 amide bonds. The Labute approximate surface area is 96.3 Å². The number of hydrogen-bond donors (Lipinski definition) is 4. The van der Waals surface area contributed by atoms with Crippen LogP contribution in [0.15, 0.2) is 0 Å². The minimum atomic E-state index is -1.54. The van der Waals surface area contributed by atoms with Crippen molar-refractivity contribution in [2.45, 2.75) is 30.7 Å². The second kappa shape index (κ2) is 6.19. The zero-order chi connectivity index (χ0) is 13.0. The van der Waals surface area contributed by atoms with Gasteiger partial charge in [0.25, 0.3) is 0 Å². The predicted octanol–water partition coefficient (Wildman–Crippen LogP) is -2.92. The van der Waals surface area contributed by atoms with Gasteiger partial charge in [0.1, 0.15) is 31.0 Å². The molecule has 100 valence electrons. The van der Waals surface area contributed by atoms with Crippen LogP contribution in [0.2, 0.25) is 0 Å². The Morgan fingerprint density at radius 2 is 1.88 bits per heavy atom. The summed E-state index contributed by atoms with van der Waals surface area (Å²) < 4.78 is 9.82. The van der Waals surface area contributed by atoms with Crippen molar-refractivity contribution < 1.29 is 34.8 Å². The molecule has 1 rings (SSSR count). The summed E-state index contributed by atoms with van der Waals surface area (Å²) in [6.07, 6.45) is -6.93. The van der Waals surface area contributed by atoms with Crippen molar-refractivity contribution in [1.82, 2.24) is 0 Å². The monoisotopic (exact) mass is 253 g/mol. The standard InChI is InChI=1S/C8H15NO8/c10-3-4-5(11)6(12)7(13)8(17-4)16-2-1-9(14)15/h4-8,10-13H,1-3H2/t4-,5+,6+,7-,8+/m1/s1. The first kappa shape index (κ1) is 14.2. The van der Waals surface area contributed by atoms with E-state index < -0.39 is 48.8 Å². The van der Waals surface area contributed by atoms with E-state index in [1.54, 1.807) is 0 Å². The van der Waals surface area contributed by atoms with Gasteiger partial charge in [-0.05, 0) is 0 Å². The third kappa shape index (κ3) is 3.56. The van der Waals surface area contributed by atoms with E-state index >= 15 is 0 Å². The molecule has 0 saturated carbocycles. The Morgan fingerprint density at radius 3 is 2.41 bits per heavy atom. The van der Waals surface area contributed by atoms with Crippen molar-refractivity contribution in [2.24, 2.45) is 0 Å². The summed E-state index contributed by atoms with van der Waals surface area (Å²) in [5, 5.41) is 47.2. The molecule has 1 aliphatic heterocycles. The molecule has 0 radical (unpaired) electrons. The number of nitrogens with zero attached hydrogens (tertiary/aromatic N) is 1. The third-order valence-electron chi connectivity index (χ3n) is 2.40. The van der Waals surface area contributed by atoms with Crippen LogP contribution in [0.4, 0.5) is 0 Å². The predicted molar refractivity (Wildman–Crippen MR) is 51.6 cm³/mol. The highest BCUT2D eigenvalue weighted by Gasteiger charge is 2.44. The normalized spacial score (nSPS) is 38.0. The molecule has 0 aromatic rings. The molecule has 9 heteroatoms. The fourth-order valence-corrected chi connectivity index (χ4v) is 1.45. The van der Waals surface area contributed by atoms with E-state index in [1.165, 1.54) is 0 Å². The second-order valence-corrected chi connectivity index (χ2v) is 3.62. The molecule has 0 spiro atoms. The minimum absolute atomic E-state index is 0.310. The van der Waals surface area contributed by atoms with E-state index in [0.717, 1.165) is 0 Å². The molecule has 0 unspecified atom stereocenters. The first-order valence-electron chi connectivity index (χ1n) is 5.01. The van der Waals surface area contributed by atoms with Gasteiger partial charge in [-0.2, -0.15) is 0 Å². The molecule has 1 fully saturated rings. The van der Waals surface area contributed by atoms with E-state index in [2.05, 4.69) is 0 Å². The average molecular weight is 253 g/mol. The van der Waals surface area contributed by atoms with Crippen molar-refractivity contribution in [3.05, 3.63) is 10.1 Å². The van der Waals surface area contributed by atoms with Crippen LogP contribution in [0.5, 0.6) is 0 Å². The first-order valence-corrected chi connectivity index (χ1v) is 5.01. The zero-order valence-corrected chi connectivity index (χ0v) is 8.88. The van der Waals surface area contributed by atoms with Gasteiger partial charge < -0.3 is 29.9 Å². The van der Waals surface area contributed by atoms with Crippen LogP contribution in [-0.2, 0) is 9.47 Å². The number of nitro groups is 1. The summed E-state index contributed by atoms with van der Waals surface area (Å²) in [6.45, 7) is -1.36. The van der Waals surface area contributed by atoms with Gasteiger partial charge in [0.05, 0.1) is 6.61 Å². The number of rotatable bonds is 5. The first-order chi connectivity index (χ1) is 7.97. The van der Waals surface area contributed by atoms with Crippen LogP contribution in [0.25, 0.3) is 0 Å². The van der Waals surface area contributed by atoms with Crippen LogP contribution in [0.1, 0.15) is 0 Å². The fraction of sp³-hybridized carbons (Fsp3) is 1.00. The molecule has 1 aliphatic rings. The molecule has 1 heterocycles. The molecule has 0 aromatic heterocycles. The highest BCUT2D eigenvalue weighted by atomic mass is 16.7.